The zero-order valence-electron chi connectivity index (χ0n) is 17.3. The molecule has 2 aromatic rings. The first-order chi connectivity index (χ1) is 14.7. The standard InChI is InChI=1S/C20H21ClN2O6S2/c1-5-28-20(27)15-10(2)16(17(25)22-3)31-18(15)23-14(24)9-29-19(26)12-8-11(30-4)6-7-13(12)21/h6-8H,5,9H2,1-4H3,(H,22,25)(H,23,24). The Balaban J connectivity index is 2.17. The van der Waals surface area contributed by atoms with E-state index in [-0.39, 0.29) is 32.6 Å². The molecule has 11 heteroatoms. The summed E-state index contributed by atoms with van der Waals surface area (Å²) in [6.07, 6.45) is 1.85. The zero-order chi connectivity index (χ0) is 23.1. The van der Waals surface area contributed by atoms with Crippen LogP contribution in [0, 0.1) is 6.92 Å². The van der Waals surface area contributed by atoms with Gasteiger partial charge in [0.1, 0.15) is 5.00 Å². The van der Waals surface area contributed by atoms with Crippen LogP contribution in [0.2, 0.25) is 5.02 Å². The van der Waals surface area contributed by atoms with Crippen LogP contribution in [0.4, 0.5) is 5.00 Å². The first-order valence-electron chi connectivity index (χ1n) is 9.06. The van der Waals surface area contributed by atoms with E-state index < -0.39 is 30.4 Å². The summed E-state index contributed by atoms with van der Waals surface area (Å²) in [4.78, 5) is 50.2. The Morgan fingerprint density at radius 1 is 1.16 bits per heavy atom. The first-order valence-corrected chi connectivity index (χ1v) is 11.5. The van der Waals surface area contributed by atoms with Crippen molar-refractivity contribution >= 4 is 63.5 Å². The number of benzene rings is 1. The smallest absolute Gasteiger partial charge is 0.341 e. The second-order valence-corrected chi connectivity index (χ2v) is 8.34. The largest absolute Gasteiger partial charge is 0.462 e. The Kier molecular flexibility index (Phi) is 8.90. The van der Waals surface area contributed by atoms with Crippen molar-refractivity contribution < 1.29 is 28.7 Å². The lowest BCUT2D eigenvalue weighted by molar-refractivity contribution is -0.119. The molecule has 1 aromatic heterocycles. The van der Waals surface area contributed by atoms with Crippen LogP contribution < -0.4 is 10.6 Å². The number of anilines is 1. The number of thioether (sulfide) groups is 1. The van der Waals surface area contributed by atoms with Gasteiger partial charge in [-0.05, 0) is 43.9 Å². The topological polar surface area (TPSA) is 111 Å². The molecule has 0 radical (unpaired) electrons. The third kappa shape index (κ3) is 5.99. The number of esters is 2. The highest BCUT2D eigenvalue weighted by Crippen LogP contribution is 2.33. The number of nitrogens with one attached hydrogen (secondary N) is 2. The highest BCUT2D eigenvalue weighted by Gasteiger charge is 2.26. The van der Waals surface area contributed by atoms with Crippen molar-refractivity contribution in [1.82, 2.24) is 5.32 Å². The number of halogens is 1. The van der Waals surface area contributed by atoms with E-state index in [1.807, 2.05) is 6.26 Å². The van der Waals surface area contributed by atoms with Gasteiger partial charge in [-0.3, -0.25) is 9.59 Å². The summed E-state index contributed by atoms with van der Waals surface area (Å²) in [5.41, 5.74) is 0.610. The third-order valence-corrected chi connectivity index (χ3v) is 6.30. The molecule has 31 heavy (non-hydrogen) atoms. The highest BCUT2D eigenvalue weighted by atomic mass is 35.5. The van der Waals surface area contributed by atoms with Gasteiger partial charge in [0.25, 0.3) is 11.8 Å². The Labute approximate surface area is 192 Å². The number of carbonyl (C=O) groups excluding carboxylic acids is 4. The van der Waals surface area contributed by atoms with Gasteiger partial charge in [0.2, 0.25) is 0 Å². The van der Waals surface area contributed by atoms with Crippen molar-refractivity contribution in [2.24, 2.45) is 0 Å². The van der Waals surface area contributed by atoms with Crippen LogP contribution in [-0.4, -0.2) is 50.3 Å². The molecule has 0 spiro atoms. The van der Waals surface area contributed by atoms with Gasteiger partial charge in [-0.2, -0.15) is 0 Å². The van der Waals surface area contributed by atoms with Gasteiger partial charge in [0.15, 0.2) is 6.61 Å². The SMILES string of the molecule is CCOC(=O)c1c(NC(=O)COC(=O)c2cc(SC)ccc2Cl)sc(C(=O)NC)c1C. The summed E-state index contributed by atoms with van der Waals surface area (Å²) in [6.45, 7) is 2.76. The minimum Gasteiger partial charge on any atom is -0.462 e. The van der Waals surface area contributed by atoms with Crippen molar-refractivity contribution in [2.45, 2.75) is 18.7 Å². The molecule has 1 aromatic carbocycles. The fourth-order valence-electron chi connectivity index (χ4n) is 2.54. The molecule has 2 amide bonds. The fraction of sp³-hybridized carbons (Fsp3) is 0.300. The van der Waals surface area contributed by atoms with Gasteiger partial charge in [0.05, 0.1) is 27.6 Å². The molecule has 0 atom stereocenters. The molecule has 0 bridgehead atoms. The van der Waals surface area contributed by atoms with Gasteiger partial charge >= 0.3 is 11.9 Å². The van der Waals surface area contributed by atoms with E-state index >= 15 is 0 Å². The summed E-state index contributed by atoms with van der Waals surface area (Å²) in [7, 11) is 1.46. The van der Waals surface area contributed by atoms with E-state index in [1.165, 1.54) is 18.8 Å². The van der Waals surface area contributed by atoms with Crippen molar-refractivity contribution in [3.63, 3.8) is 0 Å². The van der Waals surface area contributed by atoms with E-state index in [0.29, 0.717) is 5.56 Å². The molecular formula is C20H21ClN2O6S2. The van der Waals surface area contributed by atoms with Crippen LogP contribution in [0.3, 0.4) is 0 Å². The summed E-state index contributed by atoms with van der Waals surface area (Å²) in [5.74, 6) is -2.50. The predicted octanol–water partition coefficient (Wildman–Crippen LogP) is 3.76. The van der Waals surface area contributed by atoms with Gasteiger partial charge in [-0.25, -0.2) is 9.59 Å². The number of thiophene rings is 1. The van der Waals surface area contributed by atoms with E-state index in [2.05, 4.69) is 10.6 Å². The number of rotatable bonds is 8. The van der Waals surface area contributed by atoms with E-state index in [9.17, 15) is 19.2 Å². The first kappa shape index (κ1) is 24.7. The van der Waals surface area contributed by atoms with Gasteiger partial charge in [-0.1, -0.05) is 11.6 Å². The molecular weight excluding hydrogens is 464 g/mol. The summed E-state index contributed by atoms with van der Waals surface area (Å²) in [5, 5.41) is 5.34. The lowest BCUT2D eigenvalue weighted by Crippen LogP contribution is -2.22. The highest BCUT2D eigenvalue weighted by molar-refractivity contribution is 7.98. The Hall–Kier alpha value is -2.56. The maximum Gasteiger partial charge on any atom is 0.341 e. The van der Waals surface area contributed by atoms with Crippen LogP contribution in [0.25, 0.3) is 0 Å². The van der Waals surface area contributed by atoms with Gasteiger partial charge in [0, 0.05) is 11.9 Å². The quantitative estimate of drug-likeness (QED) is 0.433. The molecule has 166 valence electrons. The average molecular weight is 485 g/mol. The minimum absolute atomic E-state index is 0.0841. The third-order valence-electron chi connectivity index (χ3n) is 4.04. The van der Waals surface area contributed by atoms with Crippen LogP contribution >= 0.6 is 34.7 Å². The molecule has 0 saturated heterocycles. The maximum atomic E-state index is 12.4. The monoisotopic (exact) mass is 484 g/mol. The number of carbonyl (C=O) groups is 4. The molecule has 0 aliphatic carbocycles. The Morgan fingerprint density at radius 2 is 1.87 bits per heavy atom. The summed E-state index contributed by atoms with van der Waals surface area (Å²) >= 11 is 8.40. The van der Waals surface area contributed by atoms with Gasteiger partial charge < -0.3 is 20.1 Å². The van der Waals surface area contributed by atoms with Crippen molar-refractivity contribution in [1.29, 1.82) is 0 Å². The number of hydrogen-bond donors (Lipinski definition) is 2. The van der Waals surface area contributed by atoms with Crippen molar-refractivity contribution in [2.75, 3.05) is 31.8 Å². The van der Waals surface area contributed by atoms with Crippen LogP contribution in [0.15, 0.2) is 23.1 Å². The fourth-order valence-corrected chi connectivity index (χ4v) is 4.33. The molecule has 1 heterocycles. The maximum absolute atomic E-state index is 12.4. The molecule has 0 unspecified atom stereocenters. The second kappa shape index (κ2) is 11.2. The Morgan fingerprint density at radius 3 is 2.48 bits per heavy atom. The van der Waals surface area contributed by atoms with E-state index in [1.54, 1.807) is 32.0 Å². The minimum atomic E-state index is -0.755. The van der Waals surface area contributed by atoms with Crippen molar-refractivity contribution in [3.05, 3.63) is 44.8 Å². The van der Waals surface area contributed by atoms with Gasteiger partial charge in [-0.15, -0.1) is 23.1 Å². The lowest BCUT2D eigenvalue weighted by atomic mass is 10.1. The second-order valence-electron chi connectivity index (χ2n) is 6.03. The summed E-state index contributed by atoms with van der Waals surface area (Å²) < 4.78 is 10.1. The number of hydrogen-bond acceptors (Lipinski definition) is 8. The van der Waals surface area contributed by atoms with Crippen LogP contribution in [0.5, 0.6) is 0 Å². The normalized spacial score (nSPS) is 10.4. The molecule has 0 saturated carbocycles. The lowest BCUT2D eigenvalue weighted by Gasteiger charge is -2.09. The predicted molar refractivity (Wildman–Crippen MR) is 121 cm³/mol. The average Bonchev–Trinajstić information content (AvgIpc) is 3.07. The molecule has 0 aliphatic rings. The van der Waals surface area contributed by atoms with Crippen LogP contribution in [0.1, 0.15) is 42.9 Å². The number of ether oxygens (including phenoxy) is 2. The van der Waals surface area contributed by atoms with Crippen molar-refractivity contribution in [3.8, 4) is 0 Å². The van der Waals surface area contributed by atoms with Crippen LogP contribution in [-0.2, 0) is 14.3 Å². The molecule has 0 fully saturated rings. The summed E-state index contributed by atoms with van der Waals surface area (Å²) in [6, 6.07) is 4.91. The molecule has 0 aliphatic heterocycles. The van der Waals surface area contributed by atoms with E-state index in [0.717, 1.165) is 16.2 Å². The zero-order valence-corrected chi connectivity index (χ0v) is 19.7. The van der Waals surface area contributed by atoms with E-state index in [4.69, 9.17) is 21.1 Å². The molecule has 2 rings (SSSR count). The number of amides is 2. The molecule has 2 N–H and O–H groups in total. The Bertz CT molecular complexity index is 1020. The molecule has 8 nitrogen and oxygen atoms in total.